The van der Waals surface area contributed by atoms with Gasteiger partial charge in [0.15, 0.2) is 11.5 Å². The number of hydrogen-bond acceptors (Lipinski definition) is 4. The van der Waals surface area contributed by atoms with Gasteiger partial charge in [0.05, 0.1) is 26.7 Å². The second-order valence-corrected chi connectivity index (χ2v) is 4.65. The molecule has 5 nitrogen and oxygen atoms in total. The Morgan fingerprint density at radius 2 is 1.95 bits per heavy atom. The van der Waals surface area contributed by atoms with E-state index in [1.54, 1.807) is 46.3 Å². The van der Waals surface area contributed by atoms with Crippen LogP contribution in [0.3, 0.4) is 0 Å². The van der Waals surface area contributed by atoms with Gasteiger partial charge in [-0.15, -0.1) is 0 Å². The molecule has 1 rings (SSSR count). The maximum absolute atomic E-state index is 11.8. The minimum Gasteiger partial charge on any atom is -0.493 e. The number of ether oxygens (including phenoxy) is 2. The maximum Gasteiger partial charge on any atom is 0.225 e. The summed E-state index contributed by atoms with van der Waals surface area (Å²) in [7, 11) is 3.10. The molecular weight excluding hydrogens is 244 g/mol. The van der Waals surface area contributed by atoms with E-state index in [1.807, 2.05) is 6.07 Å². The molecule has 0 saturated carbocycles. The Kier molecular flexibility index (Phi) is 4.76. The van der Waals surface area contributed by atoms with Gasteiger partial charge in [-0.05, 0) is 31.5 Å². The Bertz CT molecular complexity index is 504. The lowest BCUT2D eigenvalue weighted by Gasteiger charge is -2.17. The van der Waals surface area contributed by atoms with Gasteiger partial charge in [-0.1, -0.05) is 6.07 Å². The number of nitrogens with zero attached hydrogens (tertiary/aromatic N) is 1. The third kappa shape index (κ3) is 4.18. The number of hydrogen-bond donors (Lipinski definition) is 1. The van der Waals surface area contributed by atoms with Crippen molar-refractivity contribution in [3.63, 3.8) is 0 Å². The van der Waals surface area contributed by atoms with E-state index in [2.05, 4.69) is 5.32 Å². The molecule has 0 aliphatic carbocycles. The normalized spacial score (nSPS) is 10.5. The molecule has 102 valence electrons. The zero-order valence-corrected chi connectivity index (χ0v) is 11.6. The fourth-order valence-electron chi connectivity index (χ4n) is 1.60. The molecule has 1 aromatic carbocycles. The van der Waals surface area contributed by atoms with Crippen molar-refractivity contribution in [2.75, 3.05) is 14.2 Å². The van der Waals surface area contributed by atoms with Gasteiger partial charge < -0.3 is 14.8 Å². The van der Waals surface area contributed by atoms with E-state index < -0.39 is 5.54 Å². The van der Waals surface area contributed by atoms with Gasteiger partial charge in [0.2, 0.25) is 5.91 Å². The van der Waals surface area contributed by atoms with Gasteiger partial charge in [0.25, 0.3) is 0 Å². The fourth-order valence-corrected chi connectivity index (χ4v) is 1.60. The summed E-state index contributed by atoms with van der Waals surface area (Å²) in [4.78, 5) is 11.8. The molecule has 5 heteroatoms. The third-order valence-electron chi connectivity index (χ3n) is 2.54. The van der Waals surface area contributed by atoms with E-state index in [-0.39, 0.29) is 12.3 Å². The summed E-state index contributed by atoms with van der Waals surface area (Å²) in [5.74, 6) is 0.982. The monoisotopic (exact) mass is 262 g/mol. The first kappa shape index (κ1) is 14.8. The number of carbonyl (C=O) groups excluding carboxylic acids is 1. The summed E-state index contributed by atoms with van der Waals surface area (Å²) in [6.45, 7) is 3.30. The van der Waals surface area contributed by atoms with Crippen LogP contribution in [0.4, 0.5) is 0 Å². The molecule has 0 aliphatic rings. The predicted octanol–water partition coefficient (Wildman–Crippen LogP) is 1.66. The van der Waals surface area contributed by atoms with Crippen molar-refractivity contribution in [1.29, 1.82) is 5.26 Å². The summed E-state index contributed by atoms with van der Waals surface area (Å²) in [5.41, 5.74) is -0.0722. The first-order chi connectivity index (χ1) is 8.91. The van der Waals surface area contributed by atoms with Crippen LogP contribution in [0.15, 0.2) is 18.2 Å². The summed E-state index contributed by atoms with van der Waals surface area (Å²) in [6.07, 6.45) is 0.186. The standard InChI is InChI=1S/C14H18N2O3/c1-14(2,9-15)16-13(17)8-10-5-6-11(18-3)12(7-10)19-4/h5-7H,8H2,1-4H3,(H,16,17). The van der Waals surface area contributed by atoms with Crippen molar-refractivity contribution in [2.45, 2.75) is 25.8 Å². The molecule has 0 bridgehead atoms. The van der Waals surface area contributed by atoms with Crippen LogP contribution in [0.2, 0.25) is 0 Å². The lowest BCUT2D eigenvalue weighted by Crippen LogP contribution is -2.42. The van der Waals surface area contributed by atoms with Crippen LogP contribution in [0.1, 0.15) is 19.4 Å². The van der Waals surface area contributed by atoms with E-state index in [4.69, 9.17) is 14.7 Å². The SMILES string of the molecule is COc1ccc(CC(=O)NC(C)(C)C#N)cc1OC. The topological polar surface area (TPSA) is 71.3 Å². The van der Waals surface area contributed by atoms with Crippen molar-refractivity contribution >= 4 is 5.91 Å². The number of nitrogens with one attached hydrogen (secondary N) is 1. The summed E-state index contributed by atoms with van der Waals surface area (Å²) >= 11 is 0. The van der Waals surface area contributed by atoms with Crippen LogP contribution in [0.25, 0.3) is 0 Å². The molecule has 0 spiro atoms. The molecule has 0 radical (unpaired) electrons. The molecule has 0 aromatic heterocycles. The first-order valence-corrected chi connectivity index (χ1v) is 5.85. The van der Waals surface area contributed by atoms with Gasteiger partial charge in [-0.25, -0.2) is 0 Å². The second kappa shape index (κ2) is 6.10. The van der Waals surface area contributed by atoms with Crippen molar-refractivity contribution in [1.82, 2.24) is 5.32 Å². The smallest absolute Gasteiger partial charge is 0.225 e. The number of nitriles is 1. The molecule has 19 heavy (non-hydrogen) atoms. The van der Waals surface area contributed by atoms with Crippen molar-refractivity contribution < 1.29 is 14.3 Å². The number of methoxy groups -OCH3 is 2. The van der Waals surface area contributed by atoms with E-state index in [0.29, 0.717) is 11.5 Å². The molecule has 0 fully saturated rings. The Morgan fingerprint density at radius 1 is 1.32 bits per heavy atom. The van der Waals surface area contributed by atoms with E-state index in [1.165, 1.54) is 0 Å². The highest BCUT2D eigenvalue weighted by Crippen LogP contribution is 2.27. The van der Waals surface area contributed by atoms with E-state index in [0.717, 1.165) is 5.56 Å². The van der Waals surface area contributed by atoms with E-state index in [9.17, 15) is 4.79 Å². The maximum atomic E-state index is 11.8. The van der Waals surface area contributed by atoms with Crippen LogP contribution in [-0.4, -0.2) is 25.7 Å². The highest BCUT2D eigenvalue weighted by molar-refractivity contribution is 5.79. The van der Waals surface area contributed by atoms with Crippen molar-refractivity contribution in [3.05, 3.63) is 23.8 Å². The lowest BCUT2D eigenvalue weighted by atomic mass is 10.1. The van der Waals surface area contributed by atoms with E-state index >= 15 is 0 Å². The minimum atomic E-state index is -0.867. The summed E-state index contributed by atoms with van der Waals surface area (Å²) in [6, 6.07) is 7.31. The van der Waals surface area contributed by atoms with Gasteiger partial charge >= 0.3 is 0 Å². The predicted molar refractivity (Wildman–Crippen MR) is 71.1 cm³/mol. The van der Waals surface area contributed by atoms with Crippen LogP contribution in [-0.2, 0) is 11.2 Å². The molecule has 0 atom stereocenters. The van der Waals surface area contributed by atoms with Crippen molar-refractivity contribution in [2.24, 2.45) is 0 Å². The molecule has 1 aromatic rings. The Balaban J connectivity index is 2.78. The first-order valence-electron chi connectivity index (χ1n) is 5.85. The van der Waals surface area contributed by atoms with Gasteiger partial charge in [0.1, 0.15) is 5.54 Å². The molecule has 0 aliphatic heterocycles. The number of amides is 1. The molecule has 0 heterocycles. The highest BCUT2D eigenvalue weighted by Gasteiger charge is 2.19. The largest absolute Gasteiger partial charge is 0.493 e. The Hall–Kier alpha value is -2.22. The molecule has 0 unspecified atom stereocenters. The molecule has 0 saturated heterocycles. The summed E-state index contributed by atoms with van der Waals surface area (Å²) < 4.78 is 10.3. The average Bonchev–Trinajstić information content (AvgIpc) is 2.37. The fraction of sp³-hybridized carbons (Fsp3) is 0.429. The van der Waals surface area contributed by atoms with Gasteiger partial charge in [0, 0.05) is 0 Å². The Labute approximate surface area is 113 Å². The lowest BCUT2D eigenvalue weighted by molar-refractivity contribution is -0.121. The van der Waals surface area contributed by atoms with Crippen LogP contribution < -0.4 is 14.8 Å². The summed E-state index contributed by atoms with van der Waals surface area (Å²) in [5, 5.41) is 11.5. The molecular formula is C14H18N2O3. The van der Waals surface area contributed by atoms with Crippen LogP contribution in [0, 0.1) is 11.3 Å². The number of benzene rings is 1. The molecule has 1 amide bonds. The minimum absolute atomic E-state index is 0.186. The van der Waals surface area contributed by atoms with Gasteiger partial charge in [-0.2, -0.15) is 5.26 Å². The van der Waals surface area contributed by atoms with Crippen LogP contribution in [0.5, 0.6) is 11.5 Å². The van der Waals surface area contributed by atoms with Gasteiger partial charge in [-0.3, -0.25) is 4.79 Å². The zero-order chi connectivity index (χ0) is 14.5. The number of rotatable bonds is 5. The van der Waals surface area contributed by atoms with Crippen molar-refractivity contribution in [3.8, 4) is 17.6 Å². The average molecular weight is 262 g/mol. The molecule has 1 N–H and O–H groups in total. The highest BCUT2D eigenvalue weighted by atomic mass is 16.5. The Morgan fingerprint density at radius 3 is 2.47 bits per heavy atom. The third-order valence-corrected chi connectivity index (χ3v) is 2.54. The zero-order valence-electron chi connectivity index (χ0n) is 11.6. The second-order valence-electron chi connectivity index (χ2n) is 4.65. The quantitative estimate of drug-likeness (QED) is 0.876. The number of carbonyl (C=O) groups is 1. The van der Waals surface area contributed by atoms with Crippen LogP contribution >= 0.6 is 0 Å².